The molecule has 1 amide bonds. The Morgan fingerprint density at radius 1 is 1.29 bits per heavy atom. The Hall–Kier alpha value is -3.00. The van der Waals surface area contributed by atoms with Crippen molar-refractivity contribution in [1.29, 1.82) is 5.26 Å². The largest absolute Gasteiger partial charge is 0.507 e. The van der Waals surface area contributed by atoms with E-state index in [1.165, 1.54) is 24.1 Å². The van der Waals surface area contributed by atoms with Crippen LogP contribution in [0.3, 0.4) is 0 Å². The number of methoxy groups -OCH3 is 1. The lowest BCUT2D eigenvalue weighted by Gasteiger charge is -2.18. The maximum absolute atomic E-state index is 12.4. The number of amides is 1. The Balaban J connectivity index is 2.33. The molecule has 0 aromatic heterocycles. The van der Waals surface area contributed by atoms with E-state index in [2.05, 4.69) is 0 Å². The van der Waals surface area contributed by atoms with Crippen LogP contribution in [-0.2, 0) is 0 Å². The fourth-order valence-electron chi connectivity index (χ4n) is 1.90. The third-order valence-electron chi connectivity index (χ3n) is 3.10. The van der Waals surface area contributed by atoms with E-state index in [4.69, 9.17) is 10.00 Å². The van der Waals surface area contributed by atoms with Crippen LogP contribution in [0.15, 0.2) is 42.5 Å². The minimum Gasteiger partial charge on any atom is -0.507 e. The van der Waals surface area contributed by atoms with Crippen molar-refractivity contribution in [2.75, 3.05) is 19.1 Å². The highest BCUT2D eigenvalue weighted by atomic mass is 16.5. The number of ether oxygens (including phenoxy) is 1. The van der Waals surface area contributed by atoms with E-state index in [1.54, 1.807) is 37.4 Å². The number of phenolic OH excluding ortho intramolecular Hbond substituents is 1. The summed E-state index contributed by atoms with van der Waals surface area (Å²) in [5, 5.41) is 18.8. The number of nitriles is 1. The second-order valence-corrected chi connectivity index (χ2v) is 4.41. The molecule has 2 rings (SSSR count). The number of nitrogens with zero attached hydrogens (tertiary/aromatic N) is 2. The average Bonchev–Trinajstić information content (AvgIpc) is 2.53. The van der Waals surface area contributed by atoms with Gasteiger partial charge in [-0.2, -0.15) is 5.26 Å². The van der Waals surface area contributed by atoms with Crippen molar-refractivity contribution < 1.29 is 14.6 Å². The molecule has 0 saturated heterocycles. The molecular weight excluding hydrogens is 268 g/mol. The smallest absolute Gasteiger partial charge is 0.261 e. The second kappa shape index (κ2) is 5.97. The number of rotatable bonds is 3. The van der Waals surface area contributed by atoms with Crippen LogP contribution in [0.4, 0.5) is 5.69 Å². The summed E-state index contributed by atoms with van der Waals surface area (Å²) in [6, 6.07) is 13.2. The fourth-order valence-corrected chi connectivity index (χ4v) is 1.90. The Labute approximate surface area is 122 Å². The normalized spacial score (nSPS) is 9.76. The SMILES string of the molecule is COc1ccc(C(=O)N(C)c2cccc(C#N)c2)c(O)c1. The molecule has 0 spiro atoms. The third-order valence-corrected chi connectivity index (χ3v) is 3.10. The molecule has 21 heavy (non-hydrogen) atoms. The van der Waals surface area contributed by atoms with Crippen molar-refractivity contribution >= 4 is 11.6 Å². The second-order valence-electron chi connectivity index (χ2n) is 4.41. The fraction of sp³-hybridized carbons (Fsp3) is 0.125. The van der Waals surface area contributed by atoms with Gasteiger partial charge in [0.2, 0.25) is 0 Å². The first-order valence-corrected chi connectivity index (χ1v) is 6.22. The van der Waals surface area contributed by atoms with Gasteiger partial charge in [0.15, 0.2) is 0 Å². The number of anilines is 1. The molecule has 0 atom stereocenters. The zero-order valence-corrected chi connectivity index (χ0v) is 11.7. The minimum atomic E-state index is -0.370. The molecule has 0 bridgehead atoms. The standard InChI is InChI=1S/C16H14N2O3/c1-18(12-5-3-4-11(8-12)10-17)16(20)14-7-6-13(21-2)9-15(14)19/h3-9,19H,1-2H3. The van der Waals surface area contributed by atoms with Crippen LogP contribution >= 0.6 is 0 Å². The van der Waals surface area contributed by atoms with Crippen LogP contribution in [0.5, 0.6) is 11.5 Å². The summed E-state index contributed by atoms with van der Waals surface area (Å²) in [7, 11) is 3.07. The number of carbonyl (C=O) groups is 1. The summed E-state index contributed by atoms with van der Waals surface area (Å²) in [6.07, 6.45) is 0. The molecule has 0 radical (unpaired) electrons. The van der Waals surface area contributed by atoms with Crippen LogP contribution in [-0.4, -0.2) is 25.2 Å². The molecule has 0 heterocycles. The lowest BCUT2D eigenvalue weighted by Crippen LogP contribution is -2.26. The third kappa shape index (κ3) is 2.95. The summed E-state index contributed by atoms with van der Waals surface area (Å²) in [4.78, 5) is 13.8. The zero-order valence-electron chi connectivity index (χ0n) is 11.7. The number of phenols is 1. The van der Waals surface area contributed by atoms with Crippen molar-refractivity contribution in [3.05, 3.63) is 53.6 Å². The van der Waals surface area contributed by atoms with E-state index < -0.39 is 0 Å². The molecule has 0 aliphatic rings. The molecular formula is C16H14N2O3. The number of carbonyl (C=O) groups excluding carboxylic acids is 1. The van der Waals surface area contributed by atoms with Crippen LogP contribution < -0.4 is 9.64 Å². The molecule has 106 valence electrons. The van der Waals surface area contributed by atoms with Gasteiger partial charge in [0.25, 0.3) is 5.91 Å². The predicted octanol–water partition coefficient (Wildman–Crippen LogP) is 2.55. The van der Waals surface area contributed by atoms with Gasteiger partial charge in [-0.15, -0.1) is 0 Å². The highest BCUT2D eigenvalue weighted by molar-refractivity contribution is 6.07. The van der Waals surface area contributed by atoms with Gasteiger partial charge >= 0.3 is 0 Å². The monoisotopic (exact) mass is 282 g/mol. The molecule has 0 fully saturated rings. The predicted molar refractivity (Wildman–Crippen MR) is 78.5 cm³/mol. The van der Waals surface area contributed by atoms with Crippen LogP contribution in [0, 0.1) is 11.3 Å². The molecule has 0 aliphatic carbocycles. The van der Waals surface area contributed by atoms with Crippen LogP contribution in [0.1, 0.15) is 15.9 Å². The molecule has 0 unspecified atom stereocenters. The maximum atomic E-state index is 12.4. The first-order valence-electron chi connectivity index (χ1n) is 6.22. The van der Waals surface area contributed by atoms with Gasteiger partial charge in [0.05, 0.1) is 24.3 Å². The van der Waals surface area contributed by atoms with Gasteiger partial charge in [-0.3, -0.25) is 4.79 Å². The zero-order chi connectivity index (χ0) is 15.4. The topological polar surface area (TPSA) is 73.6 Å². The van der Waals surface area contributed by atoms with Crippen LogP contribution in [0.2, 0.25) is 0 Å². The van der Waals surface area contributed by atoms with E-state index in [-0.39, 0.29) is 17.2 Å². The van der Waals surface area contributed by atoms with E-state index in [0.717, 1.165) is 0 Å². The summed E-state index contributed by atoms with van der Waals surface area (Å²) in [6.45, 7) is 0. The molecule has 0 saturated carbocycles. The summed E-state index contributed by atoms with van der Waals surface area (Å²) >= 11 is 0. The van der Waals surface area contributed by atoms with Gasteiger partial charge in [-0.05, 0) is 30.3 Å². The van der Waals surface area contributed by atoms with E-state index in [1.807, 2.05) is 6.07 Å². The van der Waals surface area contributed by atoms with Crippen molar-refractivity contribution in [2.45, 2.75) is 0 Å². The first-order chi connectivity index (χ1) is 10.1. The Kier molecular flexibility index (Phi) is 4.10. The molecule has 2 aromatic carbocycles. The van der Waals surface area contributed by atoms with E-state index in [9.17, 15) is 9.90 Å². The molecule has 1 N–H and O–H groups in total. The number of aromatic hydroxyl groups is 1. The van der Waals surface area contributed by atoms with Crippen LogP contribution in [0.25, 0.3) is 0 Å². The lowest BCUT2D eigenvalue weighted by atomic mass is 10.1. The summed E-state index contributed by atoms with van der Waals surface area (Å²) in [5.41, 5.74) is 1.21. The van der Waals surface area contributed by atoms with Gasteiger partial charge < -0.3 is 14.7 Å². The lowest BCUT2D eigenvalue weighted by molar-refractivity contribution is 0.0990. The van der Waals surface area contributed by atoms with E-state index >= 15 is 0 Å². The van der Waals surface area contributed by atoms with E-state index in [0.29, 0.717) is 17.0 Å². The highest BCUT2D eigenvalue weighted by Crippen LogP contribution is 2.26. The molecule has 5 heteroatoms. The number of hydrogen-bond donors (Lipinski definition) is 1. The van der Waals surface area contributed by atoms with Crippen molar-refractivity contribution in [3.8, 4) is 17.6 Å². The maximum Gasteiger partial charge on any atom is 0.261 e. The minimum absolute atomic E-state index is 0.150. The van der Waals surface area contributed by atoms with Gasteiger partial charge in [0, 0.05) is 18.8 Å². The first kappa shape index (κ1) is 14.4. The van der Waals surface area contributed by atoms with Crippen molar-refractivity contribution in [2.24, 2.45) is 0 Å². The quantitative estimate of drug-likeness (QED) is 0.938. The Morgan fingerprint density at radius 3 is 2.67 bits per heavy atom. The van der Waals surface area contributed by atoms with Crippen molar-refractivity contribution in [1.82, 2.24) is 0 Å². The van der Waals surface area contributed by atoms with Crippen molar-refractivity contribution in [3.63, 3.8) is 0 Å². The number of benzene rings is 2. The summed E-state index contributed by atoms with van der Waals surface area (Å²) < 4.78 is 4.98. The van der Waals surface area contributed by atoms with Gasteiger partial charge in [0.1, 0.15) is 11.5 Å². The molecule has 0 aliphatic heterocycles. The summed E-state index contributed by atoms with van der Waals surface area (Å²) in [5.74, 6) is -0.0499. The average molecular weight is 282 g/mol. The Bertz CT molecular complexity index is 720. The van der Waals surface area contributed by atoms with Gasteiger partial charge in [-0.25, -0.2) is 0 Å². The number of hydrogen-bond acceptors (Lipinski definition) is 4. The Morgan fingerprint density at radius 2 is 2.05 bits per heavy atom. The molecule has 5 nitrogen and oxygen atoms in total. The van der Waals surface area contributed by atoms with Gasteiger partial charge in [-0.1, -0.05) is 6.07 Å². The molecule has 2 aromatic rings. The highest BCUT2D eigenvalue weighted by Gasteiger charge is 2.17.